The van der Waals surface area contributed by atoms with Gasteiger partial charge < -0.3 is 10.1 Å². The highest BCUT2D eigenvalue weighted by atomic mass is 35.5. The molecule has 0 unspecified atom stereocenters. The summed E-state index contributed by atoms with van der Waals surface area (Å²) >= 11 is 19.3. The lowest BCUT2D eigenvalue weighted by Crippen LogP contribution is -2.19. The van der Waals surface area contributed by atoms with Gasteiger partial charge in [0, 0.05) is 20.6 Å². The highest BCUT2D eigenvalue weighted by Gasteiger charge is 2.24. The molecular formula is C23H15Cl3N2O2S. The van der Waals surface area contributed by atoms with Crippen LogP contribution >= 0.6 is 46.6 Å². The minimum atomic E-state index is -0.235. The average Bonchev–Trinajstić information content (AvgIpc) is 3.09. The summed E-state index contributed by atoms with van der Waals surface area (Å²) in [6.07, 6.45) is 1.74. The fourth-order valence-corrected chi connectivity index (χ4v) is 4.03. The van der Waals surface area contributed by atoms with Crippen LogP contribution in [0.1, 0.15) is 11.1 Å². The summed E-state index contributed by atoms with van der Waals surface area (Å²) in [5.74, 6) is 0.379. The Morgan fingerprint density at radius 3 is 2.26 bits per heavy atom. The normalized spacial score (nSPS) is 16.0. The molecule has 0 atom stereocenters. The highest BCUT2D eigenvalue weighted by Crippen LogP contribution is 2.32. The van der Waals surface area contributed by atoms with Crippen molar-refractivity contribution in [1.82, 2.24) is 5.32 Å². The maximum Gasteiger partial charge on any atom is 0.264 e. The number of carbonyl (C=O) groups excluding carboxylic acids is 1. The van der Waals surface area contributed by atoms with E-state index in [0.717, 1.165) is 5.56 Å². The summed E-state index contributed by atoms with van der Waals surface area (Å²) in [5, 5.41) is 5.10. The molecule has 1 saturated heterocycles. The summed E-state index contributed by atoms with van der Waals surface area (Å²) in [7, 11) is 0. The second kappa shape index (κ2) is 9.79. The van der Waals surface area contributed by atoms with Gasteiger partial charge in [0.25, 0.3) is 5.91 Å². The highest BCUT2D eigenvalue weighted by molar-refractivity contribution is 8.18. The first-order valence-electron chi connectivity index (χ1n) is 9.18. The van der Waals surface area contributed by atoms with E-state index in [9.17, 15) is 4.79 Å². The number of halogens is 3. The van der Waals surface area contributed by atoms with E-state index in [2.05, 4.69) is 10.3 Å². The van der Waals surface area contributed by atoms with Crippen molar-refractivity contribution in [2.75, 3.05) is 0 Å². The number of carbonyl (C=O) groups is 1. The van der Waals surface area contributed by atoms with E-state index in [1.807, 2.05) is 24.3 Å². The molecule has 4 nitrogen and oxygen atoms in total. The summed E-state index contributed by atoms with van der Waals surface area (Å²) in [6, 6.07) is 19.8. The number of amides is 1. The topological polar surface area (TPSA) is 50.7 Å². The average molecular weight is 490 g/mol. The second-order valence-corrected chi connectivity index (χ2v) is 8.90. The van der Waals surface area contributed by atoms with Crippen molar-refractivity contribution in [3.63, 3.8) is 0 Å². The van der Waals surface area contributed by atoms with E-state index < -0.39 is 0 Å². The molecule has 1 fully saturated rings. The largest absolute Gasteiger partial charge is 0.488 e. The Balaban J connectivity index is 1.54. The molecule has 156 valence electrons. The number of nitrogens with one attached hydrogen (secondary N) is 1. The first-order valence-corrected chi connectivity index (χ1v) is 11.1. The van der Waals surface area contributed by atoms with Crippen LogP contribution in [0, 0.1) is 0 Å². The van der Waals surface area contributed by atoms with Crippen LogP contribution in [0.2, 0.25) is 15.1 Å². The molecule has 1 amide bonds. The van der Waals surface area contributed by atoms with Gasteiger partial charge in [-0.05, 0) is 78.0 Å². The number of amidine groups is 1. The van der Waals surface area contributed by atoms with Crippen molar-refractivity contribution >= 4 is 69.4 Å². The Kier molecular flexibility index (Phi) is 6.88. The van der Waals surface area contributed by atoms with Gasteiger partial charge >= 0.3 is 0 Å². The van der Waals surface area contributed by atoms with Crippen LogP contribution in [-0.4, -0.2) is 11.1 Å². The first-order chi connectivity index (χ1) is 15.0. The standard InChI is InChI=1S/C23H15Cl3N2O2S/c24-16-3-1-14(2-4-16)13-30-20-10-7-18(26)11-15(20)12-21-22(29)28-23(31-21)27-19-8-5-17(25)6-9-19/h1-12H,13H2,(H,27,28,29)/b21-12-. The zero-order valence-electron chi connectivity index (χ0n) is 15.9. The third kappa shape index (κ3) is 5.83. The van der Waals surface area contributed by atoms with Crippen LogP contribution in [0.5, 0.6) is 5.75 Å². The number of hydrogen-bond acceptors (Lipinski definition) is 4. The number of ether oxygens (including phenoxy) is 1. The number of aliphatic imine (C=N–C) groups is 1. The molecule has 0 aromatic heterocycles. The van der Waals surface area contributed by atoms with Crippen molar-refractivity contribution in [2.24, 2.45) is 4.99 Å². The van der Waals surface area contributed by atoms with E-state index in [1.165, 1.54) is 11.8 Å². The lowest BCUT2D eigenvalue weighted by atomic mass is 10.1. The molecule has 31 heavy (non-hydrogen) atoms. The van der Waals surface area contributed by atoms with Gasteiger partial charge in [-0.1, -0.05) is 46.9 Å². The summed E-state index contributed by atoms with van der Waals surface area (Å²) < 4.78 is 5.97. The Morgan fingerprint density at radius 1 is 0.903 bits per heavy atom. The Labute approximate surface area is 198 Å². The minimum absolute atomic E-state index is 0.235. The zero-order valence-corrected chi connectivity index (χ0v) is 19.0. The molecule has 1 aliphatic rings. The van der Waals surface area contributed by atoms with Gasteiger partial charge in [0.2, 0.25) is 0 Å². The third-order valence-corrected chi connectivity index (χ3v) is 5.92. The fraction of sp³-hybridized carbons (Fsp3) is 0.0435. The predicted octanol–water partition coefficient (Wildman–Crippen LogP) is 7.12. The van der Waals surface area contributed by atoms with Gasteiger partial charge in [-0.25, -0.2) is 4.99 Å². The van der Waals surface area contributed by atoms with Crippen molar-refractivity contribution < 1.29 is 9.53 Å². The van der Waals surface area contributed by atoms with Gasteiger partial charge in [0.15, 0.2) is 5.17 Å². The quantitative estimate of drug-likeness (QED) is 0.388. The van der Waals surface area contributed by atoms with Crippen molar-refractivity contribution in [3.8, 4) is 5.75 Å². The summed E-state index contributed by atoms with van der Waals surface area (Å²) in [5.41, 5.74) is 2.37. The van der Waals surface area contributed by atoms with E-state index in [0.29, 0.717) is 48.7 Å². The molecular weight excluding hydrogens is 475 g/mol. The second-order valence-electron chi connectivity index (χ2n) is 6.56. The molecule has 8 heteroatoms. The van der Waals surface area contributed by atoms with Gasteiger partial charge in [-0.15, -0.1) is 0 Å². The van der Waals surface area contributed by atoms with Gasteiger partial charge in [0.05, 0.1) is 10.6 Å². The number of hydrogen-bond donors (Lipinski definition) is 1. The molecule has 1 heterocycles. The molecule has 0 radical (unpaired) electrons. The minimum Gasteiger partial charge on any atom is -0.488 e. The number of nitrogens with zero attached hydrogens (tertiary/aromatic N) is 1. The first kappa shape index (κ1) is 21.8. The number of rotatable bonds is 5. The monoisotopic (exact) mass is 488 g/mol. The molecule has 1 aliphatic heterocycles. The predicted molar refractivity (Wildman–Crippen MR) is 129 cm³/mol. The molecule has 3 aromatic carbocycles. The van der Waals surface area contributed by atoms with Crippen molar-refractivity contribution in [1.29, 1.82) is 0 Å². The molecule has 0 saturated carbocycles. The van der Waals surface area contributed by atoms with E-state index in [-0.39, 0.29) is 5.91 Å². The van der Waals surface area contributed by atoms with Crippen LogP contribution in [0.4, 0.5) is 5.69 Å². The van der Waals surface area contributed by atoms with E-state index in [1.54, 1.807) is 48.5 Å². The number of benzene rings is 3. The smallest absolute Gasteiger partial charge is 0.264 e. The van der Waals surface area contributed by atoms with Gasteiger partial charge in [0.1, 0.15) is 12.4 Å². The molecule has 1 N–H and O–H groups in total. The fourth-order valence-electron chi connectivity index (χ4n) is 2.76. The van der Waals surface area contributed by atoms with Gasteiger partial charge in [-0.3, -0.25) is 4.79 Å². The molecule has 3 aromatic rings. The van der Waals surface area contributed by atoms with Crippen molar-refractivity contribution in [3.05, 3.63) is 97.8 Å². The van der Waals surface area contributed by atoms with E-state index in [4.69, 9.17) is 39.5 Å². The summed E-state index contributed by atoms with van der Waals surface area (Å²) in [4.78, 5) is 17.4. The number of thioether (sulfide) groups is 1. The van der Waals surface area contributed by atoms with Crippen molar-refractivity contribution in [2.45, 2.75) is 6.61 Å². The Morgan fingerprint density at radius 2 is 1.55 bits per heavy atom. The van der Waals surface area contributed by atoms with Crippen LogP contribution in [-0.2, 0) is 11.4 Å². The molecule has 4 rings (SSSR count). The zero-order chi connectivity index (χ0) is 21.8. The summed E-state index contributed by atoms with van der Waals surface area (Å²) in [6.45, 7) is 0.359. The maximum absolute atomic E-state index is 12.5. The lowest BCUT2D eigenvalue weighted by Gasteiger charge is -2.10. The molecule has 0 aliphatic carbocycles. The third-order valence-electron chi connectivity index (χ3n) is 4.27. The van der Waals surface area contributed by atoms with E-state index >= 15 is 0 Å². The van der Waals surface area contributed by atoms with Crippen LogP contribution < -0.4 is 10.1 Å². The Hall–Kier alpha value is -2.44. The Bertz CT molecular complexity index is 1180. The lowest BCUT2D eigenvalue weighted by molar-refractivity contribution is -0.115. The SMILES string of the molecule is O=C1NC(=Nc2ccc(Cl)cc2)S/C1=C\c1cc(Cl)ccc1OCc1ccc(Cl)cc1. The maximum atomic E-state index is 12.5. The van der Waals surface area contributed by atoms with Crippen LogP contribution in [0.3, 0.4) is 0 Å². The van der Waals surface area contributed by atoms with Crippen LogP contribution in [0.25, 0.3) is 6.08 Å². The van der Waals surface area contributed by atoms with Crippen LogP contribution in [0.15, 0.2) is 76.6 Å². The molecule has 0 bridgehead atoms. The molecule has 0 spiro atoms. The van der Waals surface area contributed by atoms with Gasteiger partial charge in [-0.2, -0.15) is 0 Å².